The van der Waals surface area contributed by atoms with Crippen molar-refractivity contribution < 1.29 is 13.9 Å². The van der Waals surface area contributed by atoms with Gasteiger partial charge in [0.2, 0.25) is 0 Å². The number of ether oxygens (including phenoxy) is 1. The third-order valence-corrected chi connectivity index (χ3v) is 2.32. The van der Waals surface area contributed by atoms with Crippen LogP contribution in [0.4, 0.5) is 0 Å². The second-order valence-electron chi connectivity index (χ2n) is 3.45. The molecule has 0 fully saturated rings. The molecule has 18 heavy (non-hydrogen) atoms. The van der Waals surface area contributed by atoms with Crippen molar-refractivity contribution in [2.45, 2.75) is 6.61 Å². The van der Waals surface area contributed by atoms with Crippen LogP contribution in [-0.4, -0.2) is 11.0 Å². The van der Waals surface area contributed by atoms with Crippen molar-refractivity contribution in [2.24, 2.45) is 0 Å². The number of aromatic nitrogens is 1. The number of furan rings is 1. The third kappa shape index (κ3) is 3.75. The molecule has 0 amide bonds. The SMILES string of the molecule is O=C(C=Cc1ccco1)OCc1ccc(Cl)nc1. The topological polar surface area (TPSA) is 52.3 Å². The predicted molar refractivity (Wildman–Crippen MR) is 66.8 cm³/mol. The van der Waals surface area contributed by atoms with Gasteiger partial charge in [-0.1, -0.05) is 17.7 Å². The van der Waals surface area contributed by atoms with Crippen molar-refractivity contribution >= 4 is 23.6 Å². The van der Waals surface area contributed by atoms with Gasteiger partial charge >= 0.3 is 5.97 Å². The number of rotatable bonds is 4. The lowest BCUT2D eigenvalue weighted by molar-refractivity contribution is -0.138. The lowest BCUT2D eigenvalue weighted by Crippen LogP contribution is -2.00. The molecule has 0 spiro atoms. The summed E-state index contributed by atoms with van der Waals surface area (Å²) in [5.74, 6) is 0.154. The molecule has 0 aliphatic heterocycles. The minimum atomic E-state index is -0.443. The highest BCUT2D eigenvalue weighted by Gasteiger charge is 2.00. The number of hydrogen-bond acceptors (Lipinski definition) is 4. The summed E-state index contributed by atoms with van der Waals surface area (Å²) in [6, 6.07) is 6.87. The molecule has 2 rings (SSSR count). The minimum Gasteiger partial charge on any atom is -0.465 e. The number of carbonyl (C=O) groups is 1. The molecule has 2 aromatic heterocycles. The lowest BCUT2D eigenvalue weighted by Gasteiger charge is -2.01. The largest absolute Gasteiger partial charge is 0.465 e. The number of nitrogens with zero attached hydrogens (tertiary/aromatic N) is 1. The molecule has 2 aromatic rings. The standard InChI is InChI=1S/C13H10ClNO3/c14-12-5-3-10(8-15-12)9-18-13(16)6-4-11-2-1-7-17-11/h1-8H,9H2. The second-order valence-corrected chi connectivity index (χ2v) is 3.83. The highest BCUT2D eigenvalue weighted by atomic mass is 35.5. The Morgan fingerprint density at radius 3 is 3.00 bits per heavy atom. The molecule has 0 bridgehead atoms. The van der Waals surface area contributed by atoms with E-state index in [0.717, 1.165) is 5.56 Å². The van der Waals surface area contributed by atoms with E-state index >= 15 is 0 Å². The second kappa shape index (κ2) is 6.02. The average molecular weight is 264 g/mol. The number of pyridine rings is 1. The van der Waals surface area contributed by atoms with Crippen LogP contribution in [0.5, 0.6) is 0 Å². The Bertz CT molecular complexity index is 532. The number of hydrogen-bond donors (Lipinski definition) is 0. The van der Waals surface area contributed by atoms with E-state index in [0.29, 0.717) is 10.9 Å². The predicted octanol–water partition coefficient (Wildman–Crippen LogP) is 3.08. The molecule has 0 aliphatic carbocycles. The molecule has 2 heterocycles. The number of halogens is 1. The van der Waals surface area contributed by atoms with E-state index in [2.05, 4.69) is 4.98 Å². The maximum Gasteiger partial charge on any atom is 0.331 e. The van der Waals surface area contributed by atoms with Gasteiger partial charge in [-0.3, -0.25) is 0 Å². The van der Waals surface area contributed by atoms with Crippen LogP contribution in [0.2, 0.25) is 5.15 Å². The Morgan fingerprint density at radius 1 is 1.44 bits per heavy atom. The first kappa shape index (κ1) is 12.4. The Balaban J connectivity index is 1.83. The molecule has 92 valence electrons. The summed E-state index contributed by atoms with van der Waals surface area (Å²) in [7, 11) is 0. The smallest absolute Gasteiger partial charge is 0.331 e. The van der Waals surface area contributed by atoms with Crippen molar-refractivity contribution in [1.29, 1.82) is 0 Å². The van der Waals surface area contributed by atoms with E-state index in [1.165, 1.54) is 12.3 Å². The molecule has 0 radical (unpaired) electrons. The van der Waals surface area contributed by atoms with Gasteiger partial charge in [-0.2, -0.15) is 0 Å². The summed E-state index contributed by atoms with van der Waals surface area (Å²) in [6.07, 6.45) is 5.95. The zero-order valence-corrected chi connectivity index (χ0v) is 10.1. The van der Waals surface area contributed by atoms with E-state index in [1.807, 2.05) is 0 Å². The lowest BCUT2D eigenvalue weighted by atomic mass is 10.3. The fourth-order valence-electron chi connectivity index (χ4n) is 1.23. The van der Waals surface area contributed by atoms with Gasteiger partial charge in [-0.15, -0.1) is 0 Å². The van der Waals surface area contributed by atoms with Gasteiger partial charge in [0.25, 0.3) is 0 Å². The van der Waals surface area contributed by atoms with Gasteiger partial charge < -0.3 is 9.15 Å². The van der Waals surface area contributed by atoms with Crippen LogP contribution in [0.1, 0.15) is 11.3 Å². The number of carbonyl (C=O) groups excluding carboxylic acids is 1. The Morgan fingerprint density at radius 2 is 2.33 bits per heavy atom. The van der Waals surface area contributed by atoms with Gasteiger partial charge in [-0.05, 0) is 24.3 Å². The maximum atomic E-state index is 11.4. The molecule has 5 heteroatoms. The van der Waals surface area contributed by atoms with Crippen LogP contribution in [0, 0.1) is 0 Å². The third-order valence-electron chi connectivity index (χ3n) is 2.10. The highest BCUT2D eigenvalue weighted by molar-refractivity contribution is 6.29. The molecule has 0 atom stereocenters. The molecule has 0 saturated carbocycles. The molecular formula is C13H10ClNO3. The van der Waals surface area contributed by atoms with Crippen LogP contribution >= 0.6 is 11.6 Å². The zero-order valence-electron chi connectivity index (χ0n) is 9.38. The van der Waals surface area contributed by atoms with Crippen LogP contribution < -0.4 is 0 Å². The summed E-state index contributed by atoms with van der Waals surface area (Å²) in [5.41, 5.74) is 0.777. The molecule has 0 unspecified atom stereocenters. The summed E-state index contributed by atoms with van der Waals surface area (Å²) in [6.45, 7) is 0.158. The monoisotopic (exact) mass is 263 g/mol. The summed E-state index contributed by atoms with van der Waals surface area (Å²) < 4.78 is 10.1. The fourth-order valence-corrected chi connectivity index (χ4v) is 1.34. The summed E-state index contributed by atoms with van der Waals surface area (Å²) in [4.78, 5) is 15.3. The average Bonchev–Trinajstić information content (AvgIpc) is 2.89. The first-order chi connectivity index (χ1) is 8.74. The molecular weight excluding hydrogens is 254 g/mol. The molecule has 0 aromatic carbocycles. The minimum absolute atomic E-state index is 0.158. The summed E-state index contributed by atoms with van der Waals surface area (Å²) >= 11 is 5.64. The number of esters is 1. The first-order valence-electron chi connectivity index (χ1n) is 5.23. The van der Waals surface area contributed by atoms with Crippen molar-refractivity contribution in [3.05, 3.63) is 59.3 Å². The molecule has 0 N–H and O–H groups in total. The highest BCUT2D eigenvalue weighted by Crippen LogP contribution is 2.07. The van der Waals surface area contributed by atoms with Gasteiger partial charge in [0.05, 0.1) is 6.26 Å². The van der Waals surface area contributed by atoms with Gasteiger partial charge in [0.15, 0.2) is 0 Å². The quantitative estimate of drug-likeness (QED) is 0.483. The molecule has 0 aliphatic rings. The van der Waals surface area contributed by atoms with Crippen molar-refractivity contribution in [3.8, 4) is 0 Å². The van der Waals surface area contributed by atoms with E-state index in [4.69, 9.17) is 20.8 Å². The normalized spacial score (nSPS) is 10.7. The van der Waals surface area contributed by atoms with E-state index in [1.54, 1.807) is 36.5 Å². The van der Waals surface area contributed by atoms with Gasteiger partial charge in [0, 0.05) is 17.8 Å². The Hall–Kier alpha value is -2.07. The maximum absolute atomic E-state index is 11.4. The van der Waals surface area contributed by atoms with Crippen LogP contribution in [-0.2, 0) is 16.1 Å². The zero-order chi connectivity index (χ0) is 12.8. The molecule has 0 saturated heterocycles. The Kier molecular flexibility index (Phi) is 4.15. The van der Waals surface area contributed by atoms with Gasteiger partial charge in [-0.25, -0.2) is 9.78 Å². The Labute approximate surface area is 109 Å². The van der Waals surface area contributed by atoms with E-state index in [-0.39, 0.29) is 6.61 Å². The van der Waals surface area contributed by atoms with Crippen LogP contribution in [0.25, 0.3) is 6.08 Å². The van der Waals surface area contributed by atoms with Crippen LogP contribution in [0.3, 0.4) is 0 Å². The van der Waals surface area contributed by atoms with Crippen molar-refractivity contribution in [3.63, 3.8) is 0 Å². The van der Waals surface area contributed by atoms with E-state index < -0.39 is 5.97 Å². The van der Waals surface area contributed by atoms with Gasteiger partial charge in [0.1, 0.15) is 17.5 Å². The van der Waals surface area contributed by atoms with E-state index in [9.17, 15) is 4.79 Å². The first-order valence-corrected chi connectivity index (χ1v) is 5.60. The summed E-state index contributed by atoms with van der Waals surface area (Å²) in [5, 5.41) is 0.405. The van der Waals surface area contributed by atoms with Crippen LogP contribution in [0.15, 0.2) is 47.2 Å². The van der Waals surface area contributed by atoms with Crippen molar-refractivity contribution in [2.75, 3.05) is 0 Å². The fraction of sp³-hybridized carbons (Fsp3) is 0.0769. The van der Waals surface area contributed by atoms with Crippen molar-refractivity contribution in [1.82, 2.24) is 4.98 Å². The molecule has 4 nitrogen and oxygen atoms in total.